The van der Waals surface area contributed by atoms with E-state index in [2.05, 4.69) is 10.0 Å². The SMILES string of the molecule is O=S(=O)(NCC1COCCN1)c1cccc(Cl)c1. The third-order valence-corrected chi connectivity index (χ3v) is 4.28. The normalized spacial score (nSPS) is 20.8. The monoisotopic (exact) mass is 290 g/mol. The fourth-order valence-electron chi connectivity index (χ4n) is 1.68. The average Bonchev–Trinajstić information content (AvgIpc) is 2.38. The first kappa shape index (κ1) is 13.8. The van der Waals surface area contributed by atoms with Crippen LogP contribution in [0.3, 0.4) is 0 Å². The van der Waals surface area contributed by atoms with Gasteiger partial charge in [-0.25, -0.2) is 13.1 Å². The van der Waals surface area contributed by atoms with E-state index in [9.17, 15) is 8.42 Å². The Kier molecular flexibility index (Phi) is 4.58. The van der Waals surface area contributed by atoms with E-state index in [1.165, 1.54) is 12.1 Å². The minimum atomic E-state index is -3.51. The predicted octanol–water partition coefficient (Wildman–Crippen LogP) is 0.607. The van der Waals surface area contributed by atoms with Crippen LogP contribution in [0, 0.1) is 0 Å². The van der Waals surface area contributed by atoms with Gasteiger partial charge in [0.05, 0.1) is 18.1 Å². The minimum absolute atomic E-state index is 0.00714. The van der Waals surface area contributed by atoms with Gasteiger partial charge >= 0.3 is 0 Å². The fraction of sp³-hybridized carbons (Fsp3) is 0.455. The second-order valence-corrected chi connectivity index (χ2v) is 6.24. The predicted molar refractivity (Wildman–Crippen MR) is 69.3 cm³/mol. The van der Waals surface area contributed by atoms with Gasteiger partial charge in [0.1, 0.15) is 0 Å². The minimum Gasteiger partial charge on any atom is -0.378 e. The fourth-order valence-corrected chi connectivity index (χ4v) is 3.06. The summed E-state index contributed by atoms with van der Waals surface area (Å²) in [6.07, 6.45) is 0. The standard InChI is InChI=1S/C11H15ClN2O3S/c12-9-2-1-3-11(6-9)18(15,16)14-7-10-8-17-5-4-13-10/h1-3,6,10,13-14H,4-5,7-8H2. The maximum absolute atomic E-state index is 12.0. The van der Waals surface area contributed by atoms with Gasteiger partial charge in [0.15, 0.2) is 0 Å². The van der Waals surface area contributed by atoms with Gasteiger partial charge < -0.3 is 10.1 Å². The van der Waals surface area contributed by atoms with Gasteiger partial charge in [-0.3, -0.25) is 0 Å². The van der Waals surface area contributed by atoms with Crippen LogP contribution < -0.4 is 10.0 Å². The Morgan fingerprint density at radius 3 is 3.00 bits per heavy atom. The van der Waals surface area contributed by atoms with E-state index in [1.54, 1.807) is 12.1 Å². The van der Waals surface area contributed by atoms with E-state index < -0.39 is 10.0 Å². The van der Waals surface area contributed by atoms with Crippen molar-refractivity contribution in [3.63, 3.8) is 0 Å². The molecule has 0 aliphatic carbocycles. The molecule has 0 aromatic heterocycles. The number of hydrogen-bond donors (Lipinski definition) is 2. The summed E-state index contributed by atoms with van der Waals surface area (Å²) in [5.74, 6) is 0. The third-order valence-electron chi connectivity index (χ3n) is 2.62. The molecule has 0 radical (unpaired) electrons. The molecule has 7 heteroatoms. The zero-order valence-corrected chi connectivity index (χ0v) is 11.3. The Bertz CT molecular complexity index is 501. The molecule has 1 unspecified atom stereocenters. The van der Waals surface area contributed by atoms with Gasteiger partial charge in [-0.05, 0) is 18.2 Å². The largest absolute Gasteiger partial charge is 0.378 e. The van der Waals surface area contributed by atoms with Gasteiger partial charge in [-0.1, -0.05) is 17.7 Å². The summed E-state index contributed by atoms with van der Waals surface area (Å²) >= 11 is 5.78. The molecule has 0 amide bonds. The number of benzene rings is 1. The average molecular weight is 291 g/mol. The van der Waals surface area contributed by atoms with Crippen LogP contribution in [0.1, 0.15) is 0 Å². The molecule has 0 spiro atoms. The van der Waals surface area contributed by atoms with Gasteiger partial charge in [-0.15, -0.1) is 0 Å². The van der Waals surface area contributed by atoms with Gasteiger partial charge in [0.2, 0.25) is 10.0 Å². The van der Waals surface area contributed by atoms with Gasteiger partial charge in [0.25, 0.3) is 0 Å². The second-order valence-electron chi connectivity index (χ2n) is 4.04. The number of nitrogens with one attached hydrogen (secondary N) is 2. The quantitative estimate of drug-likeness (QED) is 0.852. The molecule has 18 heavy (non-hydrogen) atoms. The molecule has 2 rings (SSSR count). The van der Waals surface area contributed by atoms with E-state index in [1.807, 2.05) is 0 Å². The highest BCUT2D eigenvalue weighted by atomic mass is 35.5. The summed E-state index contributed by atoms with van der Waals surface area (Å²) in [5, 5.41) is 3.58. The van der Waals surface area contributed by atoms with Crippen molar-refractivity contribution >= 4 is 21.6 Å². The molecule has 5 nitrogen and oxygen atoms in total. The Labute approximate surface area is 112 Å². The first-order chi connectivity index (χ1) is 8.58. The van der Waals surface area contributed by atoms with E-state index in [0.29, 0.717) is 24.8 Å². The van der Waals surface area contributed by atoms with E-state index in [0.717, 1.165) is 6.54 Å². The van der Waals surface area contributed by atoms with Crippen LogP contribution in [0.5, 0.6) is 0 Å². The Hall–Kier alpha value is -0.660. The van der Waals surface area contributed by atoms with Crippen LogP contribution >= 0.6 is 11.6 Å². The first-order valence-corrected chi connectivity index (χ1v) is 7.50. The molecular weight excluding hydrogens is 276 g/mol. The van der Waals surface area contributed by atoms with Crippen LogP contribution in [0.25, 0.3) is 0 Å². The highest BCUT2D eigenvalue weighted by Crippen LogP contribution is 2.15. The van der Waals surface area contributed by atoms with Crippen molar-refractivity contribution < 1.29 is 13.2 Å². The molecule has 1 aliphatic heterocycles. The summed E-state index contributed by atoms with van der Waals surface area (Å²) < 4.78 is 31.8. The van der Waals surface area contributed by atoms with Crippen LogP contribution in [0.4, 0.5) is 0 Å². The van der Waals surface area contributed by atoms with Crippen LogP contribution in [0.15, 0.2) is 29.2 Å². The number of hydrogen-bond acceptors (Lipinski definition) is 4. The van der Waals surface area contributed by atoms with Crippen molar-refractivity contribution in [3.05, 3.63) is 29.3 Å². The van der Waals surface area contributed by atoms with E-state index in [-0.39, 0.29) is 10.9 Å². The molecule has 1 fully saturated rings. The van der Waals surface area contributed by atoms with E-state index >= 15 is 0 Å². The van der Waals surface area contributed by atoms with Crippen molar-refractivity contribution in [3.8, 4) is 0 Å². The molecule has 1 heterocycles. The summed E-state index contributed by atoms with van der Waals surface area (Å²) in [6, 6.07) is 6.19. The number of halogens is 1. The molecule has 1 saturated heterocycles. The lowest BCUT2D eigenvalue weighted by Crippen LogP contribution is -2.48. The summed E-state index contributed by atoms with van der Waals surface area (Å²) in [5.41, 5.74) is 0. The zero-order chi connectivity index (χ0) is 13.0. The Balaban J connectivity index is 1.98. The van der Waals surface area contributed by atoms with Crippen LogP contribution in [0.2, 0.25) is 5.02 Å². The van der Waals surface area contributed by atoms with Crippen LogP contribution in [-0.4, -0.2) is 40.8 Å². The summed E-state index contributed by atoms with van der Waals surface area (Å²) in [7, 11) is -3.51. The van der Waals surface area contributed by atoms with E-state index in [4.69, 9.17) is 16.3 Å². The molecule has 0 saturated carbocycles. The lowest BCUT2D eigenvalue weighted by Gasteiger charge is -2.23. The maximum atomic E-state index is 12.0. The molecule has 1 aliphatic rings. The molecule has 100 valence electrons. The van der Waals surface area contributed by atoms with Crippen molar-refractivity contribution in [2.24, 2.45) is 0 Å². The Morgan fingerprint density at radius 2 is 2.33 bits per heavy atom. The number of morpholine rings is 1. The first-order valence-electron chi connectivity index (χ1n) is 5.64. The third kappa shape index (κ3) is 3.66. The molecule has 1 atom stereocenters. The number of ether oxygens (including phenoxy) is 1. The highest BCUT2D eigenvalue weighted by molar-refractivity contribution is 7.89. The molecule has 1 aromatic carbocycles. The van der Waals surface area contributed by atoms with Gasteiger partial charge in [-0.2, -0.15) is 0 Å². The summed E-state index contributed by atoms with van der Waals surface area (Å²) in [4.78, 5) is 0.173. The smallest absolute Gasteiger partial charge is 0.240 e. The zero-order valence-electron chi connectivity index (χ0n) is 9.73. The summed E-state index contributed by atoms with van der Waals surface area (Å²) in [6.45, 7) is 2.22. The molecule has 1 aromatic rings. The lowest BCUT2D eigenvalue weighted by molar-refractivity contribution is 0.0784. The van der Waals surface area contributed by atoms with Crippen molar-refractivity contribution in [2.45, 2.75) is 10.9 Å². The van der Waals surface area contributed by atoms with Gasteiger partial charge in [0, 0.05) is 24.2 Å². The Morgan fingerprint density at radius 1 is 1.50 bits per heavy atom. The van der Waals surface area contributed by atoms with Crippen LogP contribution in [-0.2, 0) is 14.8 Å². The van der Waals surface area contributed by atoms with Crippen molar-refractivity contribution in [1.82, 2.24) is 10.0 Å². The molecule has 0 bridgehead atoms. The molecular formula is C11H15ClN2O3S. The maximum Gasteiger partial charge on any atom is 0.240 e. The highest BCUT2D eigenvalue weighted by Gasteiger charge is 2.18. The van der Waals surface area contributed by atoms with Crippen molar-refractivity contribution in [2.75, 3.05) is 26.3 Å². The number of rotatable bonds is 4. The second kappa shape index (κ2) is 5.99. The number of sulfonamides is 1. The lowest BCUT2D eigenvalue weighted by atomic mass is 10.3. The topological polar surface area (TPSA) is 67.4 Å². The van der Waals surface area contributed by atoms with Crippen molar-refractivity contribution in [1.29, 1.82) is 0 Å². The molecule has 2 N–H and O–H groups in total.